The summed E-state index contributed by atoms with van der Waals surface area (Å²) in [5.74, 6) is 0.565. The lowest BCUT2D eigenvalue weighted by atomic mass is 10.0. The standard InChI is InChI=1S/C13H12ClNO2/c1-17-12-8-15-7-6-11(12)13(16)9-2-4-10(14)5-3-9/h2-8,13,16H,1H3. The number of hydrogen-bond donors (Lipinski definition) is 1. The van der Waals surface area contributed by atoms with Crippen molar-refractivity contribution < 1.29 is 9.84 Å². The van der Waals surface area contributed by atoms with Crippen LogP contribution in [-0.4, -0.2) is 17.2 Å². The van der Waals surface area contributed by atoms with E-state index in [4.69, 9.17) is 16.3 Å². The molecule has 0 radical (unpaired) electrons. The van der Waals surface area contributed by atoms with E-state index in [1.54, 1.807) is 49.8 Å². The molecule has 17 heavy (non-hydrogen) atoms. The molecule has 0 saturated heterocycles. The van der Waals surface area contributed by atoms with E-state index in [9.17, 15) is 5.11 Å². The van der Waals surface area contributed by atoms with E-state index in [-0.39, 0.29) is 0 Å². The van der Waals surface area contributed by atoms with Gasteiger partial charge in [-0.1, -0.05) is 23.7 Å². The zero-order chi connectivity index (χ0) is 12.3. The normalized spacial score (nSPS) is 12.2. The molecule has 0 fully saturated rings. The van der Waals surface area contributed by atoms with Crippen LogP contribution in [0.1, 0.15) is 17.2 Å². The smallest absolute Gasteiger partial charge is 0.143 e. The highest BCUT2D eigenvalue weighted by atomic mass is 35.5. The van der Waals surface area contributed by atoms with E-state index in [1.165, 1.54) is 0 Å². The van der Waals surface area contributed by atoms with Gasteiger partial charge in [-0.3, -0.25) is 4.98 Å². The first-order valence-electron chi connectivity index (χ1n) is 5.14. The largest absolute Gasteiger partial charge is 0.495 e. The van der Waals surface area contributed by atoms with Crippen molar-refractivity contribution in [1.82, 2.24) is 4.98 Å². The third-order valence-corrected chi connectivity index (χ3v) is 2.77. The van der Waals surface area contributed by atoms with Crippen LogP contribution in [0.5, 0.6) is 5.75 Å². The van der Waals surface area contributed by atoms with E-state index >= 15 is 0 Å². The van der Waals surface area contributed by atoms with Gasteiger partial charge >= 0.3 is 0 Å². The van der Waals surface area contributed by atoms with Gasteiger partial charge in [0.25, 0.3) is 0 Å². The Kier molecular flexibility index (Phi) is 3.61. The molecule has 0 aliphatic heterocycles. The molecule has 1 atom stereocenters. The van der Waals surface area contributed by atoms with Crippen molar-refractivity contribution in [2.24, 2.45) is 0 Å². The van der Waals surface area contributed by atoms with Gasteiger partial charge in [-0.15, -0.1) is 0 Å². The van der Waals surface area contributed by atoms with E-state index in [0.29, 0.717) is 16.3 Å². The second kappa shape index (κ2) is 5.17. The molecule has 0 spiro atoms. The summed E-state index contributed by atoms with van der Waals surface area (Å²) in [6.07, 6.45) is 2.45. The number of aliphatic hydroxyl groups is 1. The first kappa shape index (κ1) is 11.9. The molecule has 0 aliphatic carbocycles. The Balaban J connectivity index is 2.36. The van der Waals surface area contributed by atoms with Gasteiger partial charge in [0.05, 0.1) is 13.3 Å². The number of benzene rings is 1. The summed E-state index contributed by atoms with van der Waals surface area (Å²) in [6.45, 7) is 0. The van der Waals surface area contributed by atoms with Crippen LogP contribution in [0.3, 0.4) is 0 Å². The maximum Gasteiger partial charge on any atom is 0.143 e. The molecule has 3 nitrogen and oxygen atoms in total. The fourth-order valence-electron chi connectivity index (χ4n) is 1.61. The number of halogens is 1. The molecule has 0 saturated carbocycles. The van der Waals surface area contributed by atoms with Crippen LogP contribution in [0.25, 0.3) is 0 Å². The summed E-state index contributed by atoms with van der Waals surface area (Å²) in [6, 6.07) is 8.79. The van der Waals surface area contributed by atoms with Crippen molar-refractivity contribution in [1.29, 1.82) is 0 Å². The van der Waals surface area contributed by atoms with Crippen molar-refractivity contribution in [3.05, 3.63) is 58.9 Å². The van der Waals surface area contributed by atoms with E-state index in [0.717, 1.165) is 5.56 Å². The van der Waals surface area contributed by atoms with Gasteiger partial charge in [-0.05, 0) is 23.8 Å². The summed E-state index contributed by atoms with van der Waals surface area (Å²) in [5, 5.41) is 10.9. The summed E-state index contributed by atoms with van der Waals surface area (Å²) in [7, 11) is 1.55. The Morgan fingerprint density at radius 3 is 2.59 bits per heavy atom. The third kappa shape index (κ3) is 2.57. The molecule has 1 aromatic carbocycles. The first-order chi connectivity index (χ1) is 8.22. The summed E-state index contributed by atoms with van der Waals surface area (Å²) in [5.41, 5.74) is 1.45. The van der Waals surface area contributed by atoms with Crippen LogP contribution < -0.4 is 4.74 Å². The quantitative estimate of drug-likeness (QED) is 0.910. The van der Waals surface area contributed by atoms with E-state index in [1.807, 2.05) is 0 Å². The molecule has 0 aliphatic rings. The zero-order valence-electron chi connectivity index (χ0n) is 9.30. The maximum atomic E-state index is 10.2. The second-order valence-corrected chi connectivity index (χ2v) is 4.01. The van der Waals surface area contributed by atoms with Gasteiger partial charge in [-0.2, -0.15) is 0 Å². The van der Waals surface area contributed by atoms with E-state index < -0.39 is 6.10 Å². The predicted molar refractivity (Wildman–Crippen MR) is 66.3 cm³/mol. The molecular formula is C13H12ClNO2. The lowest BCUT2D eigenvalue weighted by Crippen LogP contribution is -2.02. The highest BCUT2D eigenvalue weighted by molar-refractivity contribution is 6.30. The molecule has 2 rings (SSSR count). The van der Waals surface area contributed by atoms with Crippen LogP contribution >= 0.6 is 11.6 Å². The number of aliphatic hydroxyl groups excluding tert-OH is 1. The lowest BCUT2D eigenvalue weighted by Gasteiger charge is -2.14. The Bertz CT molecular complexity index is 499. The zero-order valence-corrected chi connectivity index (χ0v) is 10.1. The van der Waals surface area contributed by atoms with Crippen LogP contribution in [0, 0.1) is 0 Å². The highest BCUT2D eigenvalue weighted by Crippen LogP contribution is 2.29. The molecule has 1 N–H and O–H groups in total. The number of aromatic nitrogens is 1. The SMILES string of the molecule is COc1cnccc1C(O)c1ccc(Cl)cc1. The predicted octanol–water partition coefficient (Wildman–Crippen LogP) is 2.83. The first-order valence-corrected chi connectivity index (χ1v) is 5.51. The molecule has 1 heterocycles. The minimum Gasteiger partial charge on any atom is -0.495 e. The molecule has 0 amide bonds. The van der Waals surface area contributed by atoms with Gasteiger partial charge in [0.15, 0.2) is 0 Å². The Morgan fingerprint density at radius 1 is 1.24 bits per heavy atom. The fraction of sp³-hybridized carbons (Fsp3) is 0.154. The van der Waals surface area contributed by atoms with Gasteiger partial charge in [0.2, 0.25) is 0 Å². The van der Waals surface area contributed by atoms with E-state index in [2.05, 4.69) is 4.98 Å². The molecule has 1 aromatic heterocycles. The topological polar surface area (TPSA) is 42.4 Å². The third-order valence-electron chi connectivity index (χ3n) is 2.52. The van der Waals surface area contributed by atoms with Crippen molar-refractivity contribution in [2.45, 2.75) is 6.10 Å². The molecule has 88 valence electrons. The molecular weight excluding hydrogens is 238 g/mol. The molecule has 4 heteroatoms. The summed E-state index contributed by atoms with van der Waals surface area (Å²) >= 11 is 5.80. The van der Waals surface area contributed by atoms with Crippen molar-refractivity contribution >= 4 is 11.6 Å². The lowest BCUT2D eigenvalue weighted by molar-refractivity contribution is 0.214. The Labute approximate surface area is 105 Å². The molecule has 0 bridgehead atoms. The van der Waals surface area contributed by atoms with Crippen LogP contribution in [0.4, 0.5) is 0 Å². The van der Waals surface area contributed by atoms with Crippen LogP contribution in [0.2, 0.25) is 5.02 Å². The van der Waals surface area contributed by atoms with Gasteiger partial charge in [0, 0.05) is 16.8 Å². The number of ether oxygens (including phenoxy) is 1. The maximum absolute atomic E-state index is 10.2. The van der Waals surface area contributed by atoms with Crippen LogP contribution in [0.15, 0.2) is 42.7 Å². The van der Waals surface area contributed by atoms with Gasteiger partial charge < -0.3 is 9.84 Å². The average Bonchev–Trinajstić information content (AvgIpc) is 2.39. The molecule has 2 aromatic rings. The summed E-state index contributed by atoms with van der Waals surface area (Å²) in [4.78, 5) is 3.95. The minimum absolute atomic E-state index is 0.565. The number of nitrogens with zero attached hydrogens (tertiary/aromatic N) is 1. The number of hydrogen-bond acceptors (Lipinski definition) is 3. The van der Waals surface area contributed by atoms with Crippen molar-refractivity contribution in [3.63, 3.8) is 0 Å². The van der Waals surface area contributed by atoms with Crippen molar-refractivity contribution in [2.75, 3.05) is 7.11 Å². The highest BCUT2D eigenvalue weighted by Gasteiger charge is 2.14. The number of rotatable bonds is 3. The monoisotopic (exact) mass is 249 g/mol. The van der Waals surface area contributed by atoms with Gasteiger partial charge in [0.1, 0.15) is 11.9 Å². The van der Waals surface area contributed by atoms with Crippen molar-refractivity contribution in [3.8, 4) is 5.75 Å². The fourth-order valence-corrected chi connectivity index (χ4v) is 1.74. The average molecular weight is 250 g/mol. The van der Waals surface area contributed by atoms with Gasteiger partial charge in [-0.25, -0.2) is 0 Å². The number of pyridine rings is 1. The molecule has 1 unspecified atom stereocenters. The number of methoxy groups -OCH3 is 1. The second-order valence-electron chi connectivity index (χ2n) is 3.57. The Hall–Kier alpha value is -1.58. The summed E-state index contributed by atoms with van der Waals surface area (Å²) < 4.78 is 5.16. The Morgan fingerprint density at radius 2 is 1.94 bits per heavy atom. The minimum atomic E-state index is -0.745. The van der Waals surface area contributed by atoms with Crippen LogP contribution in [-0.2, 0) is 0 Å².